The number of aryl methyl sites for hydroxylation is 1. The summed E-state index contributed by atoms with van der Waals surface area (Å²) in [7, 11) is 0. The lowest BCUT2D eigenvalue weighted by molar-refractivity contribution is 0.315. The first kappa shape index (κ1) is 15.5. The van der Waals surface area contributed by atoms with E-state index in [1.165, 1.54) is 11.1 Å². The monoisotopic (exact) mass is 341 g/mol. The molecule has 4 nitrogen and oxygen atoms in total. The molecular formula is C19H20ClN3O. The van der Waals surface area contributed by atoms with Crippen LogP contribution in [-0.2, 0) is 6.54 Å². The highest BCUT2D eigenvalue weighted by atomic mass is 35.5. The molecule has 4 rings (SSSR count). The zero-order valence-corrected chi connectivity index (χ0v) is 14.4. The molecule has 1 aliphatic heterocycles. The molecular weight excluding hydrogens is 322 g/mol. The maximum Gasteiger partial charge on any atom is 0.136 e. The molecule has 0 radical (unpaired) electrons. The van der Waals surface area contributed by atoms with Crippen molar-refractivity contribution in [2.24, 2.45) is 0 Å². The van der Waals surface area contributed by atoms with Crippen LogP contribution in [0.25, 0.3) is 5.65 Å². The summed E-state index contributed by atoms with van der Waals surface area (Å²) >= 11 is 6.10. The second-order valence-corrected chi connectivity index (χ2v) is 6.73. The summed E-state index contributed by atoms with van der Waals surface area (Å²) in [6, 6.07) is 10.3. The summed E-state index contributed by atoms with van der Waals surface area (Å²) in [4.78, 5) is 4.48. The third-order valence-corrected chi connectivity index (χ3v) is 4.74. The van der Waals surface area contributed by atoms with Gasteiger partial charge < -0.3 is 14.5 Å². The summed E-state index contributed by atoms with van der Waals surface area (Å²) in [5.74, 6) is 0.895. The summed E-state index contributed by atoms with van der Waals surface area (Å²) in [6.45, 7) is 3.59. The average molecular weight is 342 g/mol. The quantitative estimate of drug-likeness (QED) is 0.772. The Morgan fingerprint density at radius 3 is 3.17 bits per heavy atom. The Morgan fingerprint density at radius 1 is 1.33 bits per heavy atom. The number of imidazole rings is 1. The lowest BCUT2D eigenvalue weighted by Crippen LogP contribution is -2.21. The first-order chi connectivity index (χ1) is 11.7. The van der Waals surface area contributed by atoms with Crippen molar-refractivity contribution in [3.63, 3.8) is 0 Å². The number of fused-ring (bicyclic) bond motifs is 2. The maximum absolute atomic E-state index is 6.10. The Balaban J connectivity index is 1.58. The topological polar surface area (TPSA) is 38.6 Å². The Bertz CT molecular complexity index is 874. The number of hydrogen-bond donors (Lipinski definition) is 1. The molecule has 0 unspecified atom stereocenters. The Kier molecular flexibility index (Phi) is 4.17. The van der Waals surface area contributed by atoms with E-state index in [0.29, 0.717) is 5.02 Å². The molecule has 1 atom stereocenters. The molecule has 3 heterocycles. The minimum atomic E-state index is 0.259. The van der Waals surface area contributed by atoms with Crippen LogP contribution >= 0.6 is 11.6 Å². The number of ether oxygens (including phenoxy) is 1. The molecule has 0 amide bonds. The van der Waals surface area contributed by atoms with Crippen LogP contribution < -0.4 is 10.1 Å². The minimum Gasteiger partial charge on any atom is -0.493 e. The van der Waals surface area contributed by atoms with Crippen LogP contribution in [0.2, 0.25) is 5.02 Å². The largest absolute Gasteiger partial charge is 0.493 e. The molecule has 24 heavy (non-hydrogen) atoms. The Hall–Kier alpha value is -2.04. The van der Waals surface area contributed by atoms with Crippen molar-refractivity contribution in [1.29, 1.82) is 0 Å². The smallest absolute Gasteiger partial charge is 0.136 e. The summed E-state index contributed by atoms with van der Waals surface area (Å²) in [5, 5.41) is 4.38. The van der Waals surface area contributed by atoms with Gasteiger partial charge in [0.1, 0.15) is 11.4 Å². The van der Waals surface area contributed by atoms with Crippen molar-refractivity contribution in [2.45, 2.75) is 32.4 Å². The van der Waals surface area contributed by atoms with Gasteiger partial charge in [0.25, 0.3) is 0 Å². The van der Waals surface area contributed by atoms with Crippen LogP contribution in [0.1, 0.15) is 35.7 Å². The van der Waals surface area contributed by atoms with Gasteiger partial charge in [-0.1, -0.05) is 23.7 Å². The molecule has 0 bridgehead atoms. The van der Waals surface area contributed by atoms with E-state index in [1.54, 1.807) is 0 Å². The van der Waals surface area contributed by atoms with Crippen LogP contribution in [0.5, 0.6) is 5.75 Å². The van der Waals surface area contributed by atoms with Crippen LogP contribution in [0.4, 0.5) is 0 Å². The molecule has 2 aromatic heterocycles. The van der Waals surface area contributed by atoms with Gasteiger partial charge in [-0.25, -0.2) is 4.98 Å². The van der Waals surface area contributed by atoms with Crippen molar-refractivity contribution in [2.75, 3.05) is 6.61 Å². The molecule has 1 aliphatic rings. The lowest BCUT2D eigenvalue weighted by atomic mass is 10.0. The van der Waals surface area contributed by atoms with Crippen LogP contribution in [-0.4, -0.2) is 16.0 Å². The highest BCUT2D eigenvalue weighted by Crippen LogP contribution is 2.33. The first-order valence-corrected chi connectivity index (χ1v) is 8.67. The maximum atomic E-state index is 6.10. The van der Waals surface area contributed by atoms with Gasteiger partial charge in [0, 0.05) is 29.4 Å². The van der Waals surface area contributed by atoms with E-state index in [4.69, 9.17) is 16.3 Å². The molecule has 5 heteroatoms. The zero-order valence-electron chi connectivity index (χ0n) is 13.6. The minimum absolute atomic E-state index is 0.259. The number of halogens is 1. The highest BCUT2D eigenvalue weighted by molar-refractivity contribution is 6.30. The van der Waals surface area contributed by atoms with Crippen molar-refractivity contribution in [1.82, 2.24) is 14.7 Å². The molecule has 0 spiro atoms. The zero-order chi connectivity index (χ0) is 16.5. The molecule has 0 fully saturated rings. The number of rotatable bonds is 3. The number of aromatic nitrogens is 2. The van der Waals surface area contributed by atoms with Crippen molar-refractivity contribution >= 4 is 17.2 Å². The predicted molar refractivity (Wildman–Crippen MR) is 95.7 cm³/mol. The van der Waals surface area contributed by atoms with Crippen LogP contribution in [0.3, 0.4) is 0 Å². The van der Waals surface area contributed by atoms with Gasteiger partial charge >= 0.3 is 0 Å². The highest BCUT2D eigenvalue weighted by Gasteiger charge is 2.20. The average Bonchev–Trinajstić information content (AvgIpc) is 2.85. The van der Waals surface area contributed by atoms with Gasteiger partial charge in [-0.3, -0.25) is 0 Å². The first-order valence-electron chi connectivity index (χ1n) is 8.29. The normalized spacial score (nSPS) is 17.3. The van der Waals surface area contributed by atoms with E-state index in [9.17, 15) is 0 Å². The van der Waals surface area contributed by atoms with E-state index in [1.807, 2.05) is 18.3 Å². The number of benzene rings is 1. The summed E-state index contributed by atoms with van der Waals surface area (Å²) in [6.07, 6.45) is 6.14. The van der Waals surface area contributed by atoms with E-state index in [2.05, 4.69) is 46.0 Å². The van der Waals surface area contributed by atoms with Gasteiger partial charge in [0.2, 0.25) is 0 Å². The third kappa shape index (κ3) is 2.99. The Labute approximate surface area is 146 Å². The van der Waals surface area contributed by atoms with E-state index in [-0.39, 0.29) is 6.04 Å². The van der Waals surface area contributed by atoms with Gasteiger partial charge in [-0.05, 0) is 43.5 Å². The van der Waals surface area contributed by atoms with Crippen molar-refractivity contribution < 1.29 is 4.74 Å². The van der Waals surface area contributed by atoms with E-state index in [0.717, 1.165) is 43.1 Å². The van der Waals surface area contributed by atoms with Crippen LogP contribution in [0, 0.1) is 6.92 Å². The number of pyridine rings is 1. The lowest BCUT2D eigenvalue weighted by Gasteiger charge is -2.18. The van der Waals surface area contributed by atoms with Crippen LogP contribution in [0.15, 0.2) is 42.7 Å². The second-order valence-electron chi connectivity index (χ2n) is 6.29. The molecule has 1 aromatic carbocycles. The molecule has 124 valence electrons. The number of hydrogen-bond acceptors (Lipinski definition) is 3. The summed E-state index contributed by atoms with van der Waals surface area (Å²) < 4.78 is 7.99. The molecule has 0 saturated heterocycles. The SMILES string of the molecule is Cc1ccc2ncc(CN[C@@H]3CCCOc4cc(Cl)ccc43)n2c1. The fourth-order valence-electron chi connectivity index (χ4n) is 3.25. The predicted octanol–water partition coefficient (Wildman–Crippen LogP) is 4.30. The Morgan fingerprint density at radius 2 is 2.25 bits per heavy atom. The van der Waals surface area contributed by atoms with E-state index >= 15 is 0 Å². The summed E-state index contributed by atoms with van der Waals surface area (Å²) in [5.41, 5.74) is 4.55. The molecule has 0 saturated carbocycles. The number of nitrogens with zero attached hydrogens (tertiary/aromatic N) is 2. The fourth-order valence-corrected chi connectivity index (χ4v) is 3.42. The standard InChI is InChI=1S/C19H20ClN3O/c1-13-4-7-19-22-11-15(23(19)12-13)10-21-17-3-2-8-24-18-9-14(20)5-6-16(17)18/h4-7,9,11-12,17,21H,2-3,8,10H2,1H3/t17-/m1/s1. The second kappa shape index (κ2) is 6.46. The molecule has 1 N–H and O–H groups in total. The third-order valence-electron chi connectivity index (χ3n) is 4.51. The van der Waals surface area contributed by atoms with Gasteiger partial charge in [0.15, 0.2) is 0 Å². The van der Waals surface area contributed by atoms with Gasteiger partial charge in [0.05, 0.1) is 18.5 Å². The number of nitrogens with one attached hydrogen (secondary N) is 1. The fraction of sp³-hybridized carbons (Fsp3) is 0.316. The van der Waals surface area contributed by atoms with Crippen molar-refractivity contribution in [3.05, 3.63) is 64.6 Å². The van der Waals surface area contributed by atoms with Gasteiger partial charge in [-0.2, -0.15) is 0 Å². The van der Waals surface area contributed by atoms with Gasteiger partial charge in [-0.15, -0.1) is 0 Å². The van der Waals surface area contributed by atoms with E-state index < -0.39 is 0 Å². The van der Waals surface area contributed by atoms with Crippen molar-refractivity contribution in [3.8, 4) is 5.75 Å². The molecule has 0 aliphatic carbocycles. The molecule has 3 aromatic rings.